The van der Waals surface area contributed by atoms with Crippen LogP contribution in [0.25, 0.3) is 0 Å². The third-order valence-corrected chi connectivity index (χ3v) is 2.24. The number of aryl methyl sites for hydroxylation is 1. The molecule has 1 nitrogen and oxygen atoms in total. The lowest BCUT2D eigenvalue weighted by Gasteiger charge is -2.07. The highest BCUT2D eigenvalue weighted by Gasteiger charge is 2.01. The number of hydrogen-bond acceptors (Lipinski definition) is 1. The van der Waals surface area contributed by atoms with Gasteiger partial charge in [-0.25, -0.2) is 0 Å². The quantitative estimate of drug-likeness (QED) is 0.612. The van der Waals surface area contributed by atoms with Gasteiger partial charge in [0, 0.05) is 13.3 Å². The predicted molar refractivity (Wildman–Crippen MR) is 58.8 cm³/mol. The first-order chi connectivity index (χ1) is 6.15. The van der Waals surface area contributed by atoms with Crippen LogP contribution in [-0.4, -0.2) is 13.3 Å². The maximum atomic E-state index is 4.04. The van der Waals surface area contributed by atoms with Crippen LogP contribution in [0.15, 0.2) is 23.2 Å². The first-order valence-electron chi connectivity index (χ1n) is 4.68. The lowest BCUT2D eigenvalue weighted by Crippen LogP contribution is -1.92. The standard InChI is InChI=1S/C12H17N/c1-9(2)11-6-5-10(3)12(7-11)8-13-4/h5-9H,1-4H3/b13-8-. The Hall–Kier alpha value is -1.11. The van der Waals surface area contributed by atoms with Crippen LogP contribution in [0.5, 0.6) is 0 Å². The van der Waals surface area contributed by atoms with Gasteiger partial charge in [-0.05, 0) is 35.6 Å². The van der Waals surface area contributed by atoms with Gasteiger partial charge in [0.25, 0.3) is 0 Å². The summed E-state index contributed by atoms with van der Waals surface area (Å²) in [5.41, 5.74) is 3.89. The second-order valence-electron chi connectivity index (χ2n) is 3.66. The molecular weight excluding hydrogens is 158 g/mol. The average molecular weight is 175 g/mol. The molecule has 1 aromatic carbocycles. The molecule has 0 aliphatic heterocycles. The molecule has 0 aromatic heterocycles. The van der Waals surface area contributed by atoms with Crippen LogP contribution in [0, 0.1) is 6.92 Å². The lowest BCUT2D eigenvalue weighted by atomic mass is 9.98. The zero-order valence-electron chi connectivity index (χ0n) is 8.83. The maximum absolute atomic E-state index is 4.04. The SMILES string of the molecule is C/N=C\c1cc(C(C)C)ccc1C. The molecule has 0 unspecified atom stereocenters. The molecule has 0 heterocycles. The van der Waals surface area contributed by atoms with Crippen molar-refractivity contribution in [3.05, 3.63) is 34.9 Å². The normalized spacial score (nSPS) is 11.5. The van der Waals surface area contributed by atoms with Crippen LogP contribution < -0.4 is 0 Å². The van der Waals surface area contributed by atoms with Crippen LogP contribution in [0.1, 0.15) is 36.5 Å². The molecule has 0 saturated carbocycles. The van der Waals surface area contributed by atoms with E-state index in [2.05, 4.69) is 44.0 Å². The van der Waals surface area contributed by atoms with E-state index in [4.69, 9.17) is 0 Å². The molecule has 0 atom stereocenters. The maximum Gasteiger partial charge on any atom is 0.0284 e. The summed E-state index contributed by atoms with van der Waals surface area (Å²) < 4.78 is 0. The molecule has 0 radical (unpaired) electrons. The van der Waals surface area contributed by atoms with Crippen LogP contribution in [0.4, 0.5) is 0 Å². The first kappa shape index (κ1) is 9.97. The van der Waals surface area contributed by atoms with Gasteiger partial charge in [-0.1, -0.05) is 26.0 Å². The summed E-state index contributed by atoms with van der Waals surface area (Å²) in [6.07, 6.45) is 1.92. The topological polar surface area (TPSA) is 12.4 Å². The van der Waals surface area contributed by atoms with Crippen LogP contribution in [0.3, 0.4) is 0 Å². The molecule has 1 rings (SSSR count). The Morgan fingerprint density at radius 3 is 2.54 bits per heavy atom. The minimum Gasteiger partial charge on any atom is -0.296 e. The zero-order chi connectivity index (χ0) is 9.84. The average Bonchev–Trinajstić information content (AvgIpc) is 2.08. The van der Waals surface area contributed by atoms with Gasteiger partial charge >= 0.3 is 0 Å². The smallest absolute Gasteiger partial charge is 0.0284 e. The Morgan fingerprint density at radius 1 is 1.31 bits per heavy atom. The summed E-state index contributed by atoms with van der Waals surface area (Å²) in [5, 5.41) is 0. The number of benzene rings is 1. The minimum absolute atomic E-state index is 0.588. The van der Waals surface area contributed by atoms with Gasteiger partial charge in [0.1, 0.15) is 0 Å². The Morgan fingerprint density at radius 2 is 2.00 bits per heavy atom. The molecule has 0 saturated heterocycles. The third kappa shape index (κ3) is 2.41. The van der Waals surface area contributed by atoms with Crippen LogP contribution in [0.2, 0.25) is 0 Å². The van der Waals surface area contributed by atoms with Gasteiger partial charge in [0.05, 0.1) is 0 Å². The highest BCUT2D eigenvalue weighted by molar-refractivity contribution is 5.81. The highest BCUT2D eigenvalue weighted by Crippen LogP contribution is 2.17. The van der Waals surface area contributed by atoms with E-state index in [1.54, 1.807) is 0 Å². The minimum atomic E-state index is 0.588. The molecule has 1 aromatic rings. The second kappa shape index (κ2) is 4.22. The van der Waals surface area contributed by atoms with Crippen molar-refractivity contribution in [1.29, 1.82) is 0 Å². The van der Waals surface area contributed by atoms with Gasteiger partial charge < -0.3 is 0 Å². The van der Waals surface area contributed by atoms with E-state index in [0.717, 1.165) is 0 Å². The summed E-state index contributed by atoms with van der Waals surface area (Å²) in [5.74, 6) is 0.588. The molecular formula is C12H17N. The fourth-order valence-corrected chi connectivity index (χ4v) is 1.30. The lowest BCUT2D eigenvalue weighted by molar-refractivity contribution is 0.865. The van der Waals surface area contributed by atoms with Crippen molar-refractivity contribution in [2.45, 2.75) is 26.7 Å². The van der Waals surface area contributed by atoms with Crippen LogP contribution >= 0.6 is 0 Å². The van der Waals surface area contributed by atoms with Crippen molar-refractivity contribution < 1.29 is 0 Å². The van der Waals surface area contributed by atoms with Crippen molar-refractivity contribution >= 4 is 6.21 Å². The number of rotatable bonds is 2. The molecule has 0 fully saturated rings. The van der Waals surface area contributed by atoms with Gasteiger partial charge in [-0.15, -0.1) is 0 Å². The highest BCUT2D eigenvalue weighted by atomic mass is 14.6. The Bertz CT molecular complexity index is 311. The van der Waals surface area contributed by atoms with E-state index < -0.39 is 0 Å². The summed E-state index contributed by atoms with van der Waals surface area (Å²) in [6.45, 7) is 6.52. The van der Waals surface area contributed by atoms with Gasteiger partial charge in [0.15, 0.2) is 0 Å². The van der Waals surface area contributed by atoms with E-state index >= 15 is 0 Å². The molecule has 0 aliphatic rings. The number of aliphatic imine (C=N–C) groups is 1. The first-order valence-corrected chi connectivity index (χ1v) is 4.68. The summed E-state index contributed by atoms with van der Waals surface area (Å²) in [6, 6.07) is 6.56. The second-order valence-corrected chi connectivity index (χ2v) is 3.66. The Kier molecular flexibility index (Phi) is 3.24. The fourth-order valence-electron chi connectivity index (χ4n) is 1.30. The van der Waals surface area contributed by atoms with Crippen molar-refractivity contribution in [2.24, 2.45) is 4.99 Å². The third-order valence-electron chi connectivity index (χ3n) is 2.24. The molecule has 1 heteroatoms. The molecule has 13 heavy (non-hydrogen) atoms. The zero-order valence-corrected chi connectivity index (χ0v) is 8.83. The van der Waals surface area contributed by atoms with Crippen LogP contribution in [-0.2, 0) is 0 Å². The molecule has 0 bridgehead atoms. The fraction of sp³-hybridized carbons (Fsp3) is 0.417. The molecule has 0 spiro atoms. The van der Waals surface area contributed by atoms with E-state index in [9.17, 15) is 0 Å². The van der Waals surface area contributed by atoms with Gasteiger partial charge in [-0.2, -0.15) is 0 Å². The molecule has 70 valence electrons. The van der Waals surface area contributed by atoms with Crippen molar-refractivity contribution in [3.63, 3.8) is 0 Å². The number of nitrogens with zero attached hydrogens (tertiary/aromatic N) is 1. The summed E-state index contributed by atoms with van der Waals surface area (Å²) in [7, 11) is 1.81. The van der Waals surface area contributed by atoms with E-state index in [-0.39, 0.29) is 0 Å². The summed E-state index contributed by atoms with van der Waals surface area (Å²) >= 11 is 0. The van der Waals surface area contributed by atoms with Gasteiger partial charge in [0.2, 0.25) is 0 Å². The predicted octanol–water partition coefficient (Wildman–Crippen LogP) is 3.17. The Balaban J connectivity index is 3.11. The van der Waals surface area contributed by atoms with E-state index in [1.165, 1.54) is 16.7 Å². The van der Waals surface area contributed by atoms with E-state index in [1.807, 2.05) is 13.3 Å². The molecule has 0 amide bonds. The summed E-state index contributed by atoms with van der Waals surface area (Å²) in [4.78, 5) is 4.04. The van der Waals surface area contributed by atoms with E-state index in [0.29, 0.717) is 5.92 Å². The molecule has 0 N–H and O–H groups in total. The van der Waals surface area contributed by atoms with Crippen molar-refractivity contribution in [2.75, 3.05) is 7.05 Å². The van der Waals surface area contributed by atoms with Gasteiger partial charge in [-0.3, -0.25) is 4.99 Å². The molecule has 0 aliphatic carbocycles. The Labute approximate surface area is 80.5 Å². The van der Waals surface area contributed by atoms with Crippen molar-refractivity contribution in [1.82, 2.24) is 0 Å². The monoisotopic (exact) mass is 175 g/mol. The number of hydrogen-bond donors (Lipinski definition) is 0. The van der Waals surface area contributed by atoms with Crippen molar-refractivity contribution in [3.8, 4) is 0 Å². The largest absolute Gasteiger partial charge is 0.296 e.